The Hall–Kier alpha value is -1.83. The van der Waals surface area contributed by atoms with Crippen LogP contribution in [-0.4, -0.2) is 23.9 Å². The lowest BCUT2D eigenvalue weighted by molar-refractivity contribution is 0.411. The predicted molar refractivity (Wildman–Crippen MR) is 128 cm³/mol. The van der Waals surface area contributed by atoms with Crippen LogP contribution in [0.15, 0.2) is 81.0 Å². The van der Waals surface area contributed by atoms with Crippen LogP contribution in [-0.2, 0) is 20.0 Å². The fourth-order valence-corrected chi connectivity index (χ4v) is 5.82. The van der Waals surface area contributed by atoms with Crippen molar-refractivity contribution >= 4 is 69.9 Å². The van der Waals surface area contributed by atoms with E-state index in [2.05, 4.69) is 25.4 Å². The first-order valence-electron chi connectivity index (χ1n) is 8.35. The number of ether oxygens (including phenoxy) is 1. The molecule has 0 radical (unpaired) electrons. The van der Waals surface area contributed by atoms with E-state index in [0.29, 0.717) is 15.0 Å². The molecule has 0 fully saturated rings. The number of sulfonamides is 2. The molecule has 0 heterocycles. The van der Waals surface area contributed by atoms with E-state index < -0.39 is 20.0 Å². The van der Waals surface area contributed by atoms with Crippen LogP contribution in [0.2, 0.25) is 0 Å². The minimum Gasteiger partial charge on any atom is -0.496 e. The molecular formula is C19H16BrIN2O5S2. The van der Waals surface area contributed by atoms with Gasteiger partial charge in [-0.2, -0.15) is 0 Å². The summed E-state index contributed by atoms with van der Waals surface area (Å²) in [6.45, 7) is 0. The second-order valence-electron chi connectivity index (χ2n) is 6.04. The maximum atomic E-state index is 12.6. The van der Waals surface area contributed by atoms with Crippen LogP contribution in [0.5, 0.6) is 5.75 Å². The number of halogens is 2. The highest BCUT2D eigenvalue weighted by atomic mass is 127. The lowest BCUT2D eigenvalue weighted by Crippen LogP contribution is -2.14. The Morgan fingerprint density at radius 1 is 0.767 bits per heavy atom. The van der Waals surface area contributed by atoms with Crippen molar-refractivity contribution in [3.05, 3.63) is 74.8 Å². The minimum atomic E-state index is -3.84. The Kier molecular flexibility index (Phi) is 6.95. The van der Waals surface area contributed by atoms with Gasteiger partial charge in [-0.25, -0.2) is 16.8 Å². The third-order valence-corrected chi connectivity index (χ3v) is 8.09. The normalized spacial score (nSPS) is 11.7. The van der Waals surface area contributed by atoms with E-state index in [1.54, 1.807) is 30.3 Å². The fourth-order valence-electron chi connectivity index (χ4n) is 2.46. The maximum Gasteiger partial charge on any atom is 0.261 e. The number of nitrogens with one attached hydrogen (secondary N) is 2. The number of methoxy groups -OCH3 is 1. The van der Waals surface area contributed by atoms with Crippen LogP contribution in [0.1, 0.15) is 0 Å². The molecule has 0 aliphatic carbocycles. The average Bonchev–Trinajstić information content (AvgIpc) is 2.69. The lowest BCUT2D eigenvalue weighted by Gasteiger charge is -2.11. The van der Waals surface area contributed by atoms with Gasteiger partial charge in [-0.05, 0) is 89.3 Å². The number of hydrogen-bond acceptors (Lipinski definition) is 5. The maximum absolute atomic E-state index is 12.6. The summed E-state index contributed by atoms with van der Waals surface area (Å²) in [6.07, 6.45) is 0. The molecule has 0 unspecified atom stereocenters. The van der Waals surface area contributed by atoms with Crippen molar-refractivity contribution in [1.82, 2.24) is 0 Å². The molecule has 3 rings (SSSR count). The minimum absolute atomic E-state index is 0.00682. The molecule has 7 nitrogen and oxygen atoms in total. The van der Waals surface area contributed by atoms with Gasteiger partial charge in [0.25, 0.3) is 20.0 Å². The van der Waals surface area contributed by atoms with Gasteiger partial charge in [0.05, 0.1) is 20.5 Å². The average molecular weight is 623 g/mol. The highest BCUT2D eigenvalue weighted by molar-refractivity contribution is 14.1. The van der Waals surface area contributed by atoms with E-state index in [9.17, 15) is 16.8 Å². The second kappa shape index (κ2) is 9.12. The van der Waals surface area contributed by atoms with Crippen molar-refractivity contribution in [3.8, 4) is 5.75 Å². The summed E-state index contributed by atoms with van der Waals surface area (Å²) >= 11 is 5.28. The molecule has 0 spiro atoms. The topological polar surface area (TPSA) is 102 Å². The number of benzene rings is 3. The monoisotopic (exact) mass is 622 g/mol. The molecule has 0 aliphatic heterocycles. The van der Waals surface area contributed by atoms with Crippen molar-refractivity contribution in [1.29, 1.82) is 0 Å². The summed E-state index contributed by atoms with van der Waals surface area (Å²) in [5.74, 6) is 0.572. The van der Waals surface area contributed by atoms with Gasteiger partial charge in [-0.15, -0.1) is 0 Å². The van der Waals surface area contributed by atoms with Crippen molar-refractivity contribution in [2.45, 2.75) is 9.79 Å². The molecule has 3 aromatic rings. The highest BCUT2D eigenvalue weighted by Crippen LogP contribution is 2.26. The third kappa shape index (κ3) is 5.45. The van der Waals surface area contributed by atoms with Crippen LogP contribution < -0.4 is 14.2 Å². The van der Waals surface area contributed by atoms with Gasteiger partial charge in [-0.3, -0.25) is 9.44 Å². The van der Waals surface area contributed by atoms with Gasteiger partial charge >= 0.3 is 0 Å². The second-order valence-corrected chi connectivity index (χ2v) is 11.5. The van der Waals surface area contributed by atoms with Crippen LogP contribution in [0.4, 0.5) is 11.4 Å². The first-order chi connectivity index (χ1) is 14.1. The number of rotatable bonds is 7. The summed E-state index contributed by atoms with van der Waals surface area (Å²) in [7, 11) is -6.15. The van der Waals surface area contributed by atoms with E-state index in [0.717, 1.165) is 4.47 Å². The van der Waals surface area contributed by atoms with E-state index in [4.69, 9.17) is 4.74 Å². The van der Waals surface area contributed by atoms with Gasteiger partial charge in [0.2, 0.25) is 0 Å². The molecule has 30 heavy (non-hydrogen) atoms. The molecule has 0 amide bonds. The summed E-state index contributed by atoms with van der Waals surface area (Å²) in [6, 6.07) is 16.6. The van der Waals surface area contributed by atoms with Gasteiger partial charge < -0.3 is 4.74 Å². The first kappa shape index (κ1) is 22.8. The van der Waals surface area contributed by atoms with Crippen molar-refractivity contribution in [2.75, 3.05) is 16.6 Å². The molecule has 0 saturated heterocycles. The zero-order valence-corrected chi connectivity index (χ0v) is 20.8. The SMILES string of the molecule is COc1ccc(S(=O)(=O)Nc2ccc(S(=O)(=O)Nc3ccc(Br)cc3)cc2)cc1I. The van der Waals surface area contributed by atoms with Gasteiger partial charge in [0.15, 0.2) is 0 Å². The Balaban J connectivity index is 1.78. The molecule has 0 bridgehead atoms. The Morgan fingerprint density at radius 3 is 1.73 bits per heavy atom. The van der Waals surface area contributed by atoms with Crippen LogP contribution >= 0.6 is 38.5 Å². The summed E-state index contributed by atoms with van der Waals surface area (Å²) in [4.78, 5) is 0.0775. The van der Waals surface area contributed by atoms with Crippen LogP contribution in [0.3, 0.4) is 0 Å². The van der Waals surface area contributed by atoms with Gasteiger partial charge in [0, 0.05) is 15.8 Å². The summed E-state index contributed by atoms with van der Waals surface area (Å²) in [5.41, 5.74) is 0.653. The lowest BCUT2D eigenvalue weighted by atomic mass is 10.3. The number of anilines is 2. The number of hydrogen-bond donors (Lipinski definition) is 2. The van der Waals surface area contributed by atoms with Crippen molar-refractivity contribution < 1.29 is 21.6 Å². The van der Waals surface area contributed by atoms with E-state index in [1.165, 1.54) is 43.5 Å². The Bertz CT molecular complexity index is 1260. The summed E-state index contributed by atoms with van der Waals surface area (Å²) < 4.78 is 61.8. The van der Waals surface area contributed by atoms with Gasteiger partial charge in [0.1, 0.15) is 5.75 Å². The van der Waals surface area contributed by atoms with E-state index in [-0.39, 0.29) is 15.5 Å². The fraction of sp³-hybridized carbons (Fsp3) is 0.0526. The predicted octanol–water partition coefficient (Wildman–Crippen LogP) is 4.66. The highest BCUT2D eigenvalue weighted by Gasteiger charge is 2.18. The summed E-state index contributed by atoms with van der Waals surface area (Å²) in [5, 5.41) is 0. The molecule has 3 aromatic carbocycles. The first-order valence-corrected chi connectivity index (χ1v) is 13.2. The van der Waals surface area contributed by atoms with Crippen LogP contribution in [0, 0.1) is 3.57 Å². The zero-order chi connectivity index (χ0) is 21.9. The Morgan fingerprint density at radius 2 is 1.23 bits per heavy atom. The molecule has 0 aromatic heterocycles. The van der Waals surface area contributed by atoms with Crippen molar-refractivity contribution in [2.24, 2.45) is 0 Å². The van der Waals surface area contributed by atoms with E-state index in [1.807, 2.05) is 22.6 Å². The quantitative estimate of drug-likeness (QED) is 0.373. The Labute approximate surface area is 197 Å². The molecule has 11 heteroatoms. The molecule has 2 N–H and O–H groups in total. The molecule has 0 saturated carbocycles. The molecular weight excluding hydrogens is 607 g/mol. The standard InChI is InChI=1S/C19H16BrIN2O5S2/c1-28-19-11-10-17(12-18(19)21)30(26,27)23-15-6-8-16(9-7-15)29(24,25)22-14-4-2-13(20)3-5-14/h2-12,22-23H,1H3. The smallest absolute Gasteiger partial charge is 0.261 e. The molecule has 158 valence electrons. The van der Waals surface area contributed by atoms with Gasteiger partial charge in [-0.1, -0.05) is 15.9 Å². The molecule has 0 atom stereocenters. The van der Waals surface area contributed by atoms with Crippen LogP contribution in [0.25, 0.3) is 0 Å². The van der Waals surface area contributed by atoms with Crippen molar-refractivity contribution in [3.63, 3.8) is 0 Å². The molecule has 0 aliphatic rings. The zero-order valence-electron chi connectivity index (χ0n) is 15.5. The largest absolute Gasteiger partial charge is 0.496 e. The third-order valence-electron chi connectivity index (χ3n) is 3.95. The van der Waals surface area contributed by atoms with E-state index >= 15 is 0 Å².